The first-order valence-electron chi connectivity index (χ1n) is 10.8. The predicted octanol–water partition coefficient (Wildman–Crippen LogP) is 7.75. The molecule has 0 radical (unpaired) electrons. The smallest absolute Gasteiger partial charge is 0.345 e. The van der Waals surface area contributed by atoms with Crippen molar-refractivity contribution in [2.75, 3.05) is 6.61 Å². The molecule has 0 aromatic heterocycles. The number of halogens is 4. The summed E-state index contributed by atoms with van der Waals surface area (Å²) in [5.74, 6) is -1.50. The van der Waals surface area contributed by atoms with E-state index in [2.05, 4.69) is 15.9 Å². The van der Waals surface area contributed by atoms with Gasteiger partial charge in [0.05, 0.1) is 33.1 Å². The quantitative estimate of drug-likeness (QED) is 0.152. The molecule has 0 N–H and O–H groups in total. The van der Waals surface area contributed by atoms with Gasteiger partial charge in [-0.05, 0) is 82.7 Å². The molecule has 190 valence electrons. The van der Waals surface area contributed by atoms with Gasteiger partial charge in [-0.15, -0.1) is 0 Å². The van der Waals surface area contributed by atoms with E-state index in [0.717, 1.165) is 16.7 Å². The molecule has 3 aromatic carbocycles. The van der Waals surface area contributed by atoms with Crippen LogP contribution in [0.3, 0.4) is 0 Å². The SMILES string of the molecule is CCOc1cc(/C=C2\SC(=O)N(Cc3c(F)cccc3Cl)C2=O)cc(Br)c1OC(=O)c1ccccc1Cl. The van der Waals surface area contributed by atoms with E-state index in [1.54, 1.807) is 37.3 Å². The van der Waals surface area contributed by atoms with Crippen LogP contribution in [0.2, 0.25) is 10.0 Å². The molecule has 11 heteroatoms. The second-order valence-corrected chi connectivity index (χ2v) is 10.3. The van der Waals surface area contributed by atoms with E-state index in [0.29, 0.717) is 10.0 Å². The fraction of sp³-hybridized carbons (Fsp3) is 0.115. The Morgan fingerprint density at radius 3 is 2.54 bits per heavy atom. The lowest BCUT2D eigenvalue weighted by molar-refractivity contribution is -0.123. The molecule has 6 nitrogen and oxygen atoms in total. The molecule has 0 spiro atoms. The lowest BCUT2D eigenvalue weighted by Gasteiger charge is -2.15. The van der Waals surface area contributed by atoms with Gasteiger partial charge in [0.2, 0.25) is 0 Å². The number of rotatable bonds is 7. The highest BCUT2D eigenvalue weighted by Crippen LogP contribution is 2.40. The molecule has 0 atom stereocenters. The average Bonchev–Trinajstić information content (AvgIpc) is 3.11. The highest BCUT2D eigenvalue weighted by Gasteiger charge is 2.36. The summed E-state index contributed by atoms with van der Waals surface area (Å²) in [6, 6.07) is 13.8. The molecule has 1 saturated heterocycles. The largest absolute Gasteiger partial charge is 0.490 e. The van der Waals surface area contributed by atoms with E-state index in [-0.39, 0.29) is 50.7 Å². The van der Waals surface area contributed by atoms with Crippen molar-refractivity contribution >= 4 is 74.1 Å². The maximum atomic E-state index is 14.2. The molecule has 1 heterocycles. The summed E-state index contributed by atoms with van der Waals surface area (Å²) in [7, 11) is 0. The van der Waals surface area contributed by atoms with Crippen molar-refractivity contribution in [1.29, 1.82) is 0 Å². The van der Waals surface area contributed by atoms with Crippen LogP contribution in [0.4, 0.5) is 9.18 Å². The topological polar surface area (TPSA) is 72.9 Å². The van der Waals surface area contributed by atoms with Crippen LogP contribution >= 0.6 is 50.9 Å². The van der Waals surface area contributed by atoms with Crippen LogP contribution in [0.25, 0.3) is 6.08 Å². The first-order chi connectivity index (χ1) is 17.7. The van der Waals surface area contributed by atoms with Crippen LogP contribution in [0.5, 0.6) is 11.5 Å². The standard InChI is InChI=1S/C26H17BrCl2FNO5S/c1-2-35-21-11-14(10-17(27)23(21)36-25(33)15-6-3-4-7-18(15)28)12-22-24(32)31(26(34)37-22)13-16-19(29)8-5-9-20(16)30/h3-12H,2,13H2,1H3/b22-12-. The van der Waals surface area contributed by atoms with E-state index in [9.17, 15) is 18.8 Å². The van der Waals surface area contributed by atoms with E-state index in [4.69, 9.17) is 32.7 Å². The number of hydrogen-bond donors (Lipinski definition) is 0. The maximum Gasteiger partial charge on any atom is 0.345 e. The number of nitrogens with zero attached hydrogens (tertiary/aromatic N) is 1. The van der Waals surface area contributed by atoms with Gasteiger partial charge >= 0.3 is 5.97 Å². The molecular formula is C26H17BrCl2FNO5S. The third-order valence-electron chi connectivity index (χ3n) is 5.17. The van der Waals surface area contributed by atoms with Gasteiger partial charge in [-0.2, -0.15) is 0 Å². The van der Waals surface area contributed by atoms with Gasteiger partial charge in [0, 0.05) is 10.6 Å². The Morgan fingerprint density at radius 2 is 1.84 bits per heavy atom. The molecule has 1 aliphatic heterocycles. The number of carbonyl (C=O) groups is 3. The van der Waals surface area contributed by atoms with Crippen LogP contribution in [-0.2, 0) is 11.3 Å². The highest BCUT2D eigenvalue weighted by molar-refractivity contribution is 9.10. The Hall–Kier alpha value is -2.85. The number of benzene rings is 3. The Bertz CT molecular complexity index is 1430. The van der Waals surface area contributed by atoms with Gasteiger partial charge in [-0.25, -0.2) is 9.18 Å². The van der Waals surface area contributed by atoms with E-state index >= 15 is 0 Å². The minimum absolute atomic E-state index is 0.0544. The van der Waals surface area contributed by atoms with Crippen LogP contribution in [0.15, 0.2) is 64.0 Å². The predicted molar refractivity (Wildman–Crippen MR) is 145 cm³/mol. The molecule has 0 bridgehead atoms. The second-order valence-electron chi connectivity index (χ2n) is 7.60. The summed E-state index contributed by atoms with van der Waals surface area (Å²) in [5, 5.41) is -0.189. The lowest BCUT2D eigenvalue weighted by Crippen LogP contribution is -2.28. The molecule has 0 saturated carbocycles. The van der Waals surface area contributed by atoms with Crippen molar-refractivity contribution in [3.8, 4) is 11.5 Å². The van der Waals surface area contributed by atoms with Crippen molar-refractivity contribution in [2.24, 2.45) is 0 Å². The number of thioether (sulfide) groups is 1. The van der Waals surface area contributed by atoms with E-state index in [1.165, 1.54) is 30.3 Å². The molecule has 1 fully saturated rings. The van der Waals surface area contributed by atoms with E-state index < -0.39 is 22.9 Å². The van der Waals surface area contributed by atoms with Crippen LogP contribution in [0.1, 0.15) is 28.4 Å². The van der Waals surface area contributed by atoms with Gasteiger partial charge in [0.15, 0.2) is 11.5 Å². The number of carbonyl (C=O) groups excluding carboxylic acids is 3. The Kier molecular flexibility index (Phi) is 8.59. The number of amides is 2. The summed E-state index contributed by atoms with van der Waals surface area (Å²) in [6.45, 7) is 1.74. The third kappa shape index (κ3) is 6.01. The summed E-state index contributed by atoms with van der Waals surface area (Å²) in [6.07, 6.45) is 1.50. The van der Waals surface area contributed by atoms with Crippen molar-refractivity contribution in [3.05, 3.63) is 96.5 Å². The Labute approximate surface area is 234 Å². The van der Waals surface area contributed by atoms with Gasteiger partial charge in [0.1, 0.15) is 5.82 Å². The third-order valence-corrected chi connectivity index (χ3v) is 7.35. The second kappa shape index (κ2) is 11.7. The average molecular weight is 625 g/mol. The summed E-state index contributed by atoms with van der Waals surface area (Å²) in [4.78, 5) is 39.3. The highest BCUT2D eigenvalue weighted by atomic mass is 79.9. The van der Waals surface area contributed by atoms with Crippen LogP contribution in [0, 0.1) is 5.82 Å². The summed E-state index contributed by atoms with van der Waals surface area (Å²) in [5.41, 5.74) is 0.743. The number of hydrogen-bond acceptors (Lipinski definition) is 6. The van der Waals surface area contributed by atoms with Crippen molar-refractivity contribution in [3.63, 3.8) is 0 Å². The van der Waals surface area contributed by atoms with Crippen molar-refractivity contribution in [1.82, 2.24) is 4.90 Å². The fourth-order valence-electron chi connectivity index (χ4n) is 3.44. The molecule has 3 aromatic rings. The molecular weight excluding hydrogens is 608 g/mol. The fourth-order valence-corrected chi connectivity index (χ4v) is 5.25. The van der Waals surface area contributed by atoms with Gasteiger partial charge in [0.25, 0.3) is 11.1 Å². The molecule has 1 aliphatic rings. The first-order valence-corrected chi connectivity index (χ1v) is 13.2. The first kappa shape index (κ1) is 27.2. The van der Waals surface area contributed by atoms with Gasteiger partial charge in [-0.1, -0.05) is 41.4 Å². The van der Waals surface area contributed by atoms with Crippen molar-refractivity contribution < 1.29 is 28.2 Å². The van der Waals surface area contributed by atoms with Crippen molar-refractivity contribution in [2.45, 2.75) is 13.5 Å². The maximum absolute atomic E-state index is 14.2. The number of esters is 1. The molecule has 4 rings (SSSR count). The zero-order valence-corrected chi connectivity index (χ0v) is 23.0. The minimum atomic E-state index is -0.673. The monoisotopic (exact) mass is 623 g/mol. The Balaban J connectivity index is 1.61. The number of imide groups is 1. The lowest BCUT2D eigenvalue weighted by atomic mass is 10.1. The zero-order valence-electron chi connectivity index (χ0n) is 19.1. The van der Waals surface area contributed by atoms with Gasteiger partial charge < -0.3 is 9.47 Å². The molecule has 0 unspecified atom stereocenters. The molecule has 37 heavy (non-hydrogen) atoms. The molecule has 2 amide bonds. The Morgan fingerprint density at radius 1 is 1.11 bits per heavy atom. The van der Waals surface area contributed by atoms with Gasteiger partial charge in [-0.3, -0.25) is 14.5 Å². The van der Waals surface area contributed by atoms with Crippen LogP contribution in [-0.4, -0.2) is 28.6 Å². The van der Waals surface area contributed by atoms with E-state index in [1.807, 2.05) is 0 Å². The zero-order chi connectivity index (χ0) is 26.7. The molecule has 0 aliphatic carbocycles. The summed E-state index contributed by atoms with van der Waals surface area (Å²) >= 11 is 16.3. The van der Waals surface area contributed by atoms with Crippen LogP contribution < -0.4 is 9.47 Å². The minimum Gasteiger partial charge on any atom is -0.490 e. The number of ether oxygens (including phenoxy) is 2. The normalized spacial score (nSPS) is 14.4. The summed E-state index contributed by atoms with van der Waals surface area (Å²) < 4.78 is 25.8.